The Balaban J connectivity index is 1.70. The minimum Gasteiger partial charge on any atom is -0.497 e. The lowest BCUT2D eigenvalue weighted by Gasteiger charge is -2.07. The van der Waals surface area contributed by atoms with Gasteiger partial charge in [0, 0.05) is 11.6 Å². The Bertz CT molecular complexity index is 1370. The number of carbonyl (C=O) groups excluding carboxylic acids is 2. The minimum absolute atomic E-state index is 0.115. The topological polar surface area (TPSA) is 99.9 Å². The molecule has 2 aromatic carbocycles. The molecule has 9 heteroatoms. The molecule has 0 fully saturated rings. The Morgan fingerprint density at radius 3 is 2.59 bits per heavy atom. The van der Waals surface area contributed by atoms with E-state index in [2.05, 4.69) is 10.3 Å². The Kier molecular flexibility index (Phi) is 6.65. The Morgan fingerprint density at radius 1 is 1.09 bits per heavy atom. The second kappa shape index (κ2) is 9.80. The number of hydrogen-bond acceptors (Lipinski definition) is 8. The van der Waals surface area contributed by atoms with Gasteiger partial charge in [0.25, 0.3) is 5.91 Å². The zero-order valence-corrected chi connectivity index (χ0v) is 19.8. The molecule has 0 atom stereocenters. The fraction of sp³-hybridized carbons (Fsp3) is 0.160. The van der Waals surface area contributed by atoms with Crippen molar-refractivity contribution in [1.82, 2.24) is 4.98 Å². The molecule has 1 N–H and O–H groups in total. The van der Waals surface area contributed by atoms with Crippen LogP contribution in [0, 0.1) is 6.92 Å². The molecule has 34 heavy (non-hydrogen) atoms. The highest BCUT2D eigenvalue weighted by molar-refractivity contribution is 7.21. The number of aryl methyl sites for hydroxylation is 1. The van der Waals surface area contributed by atoms with Crippen LogP contribution < -0.4 is 14.8 Å². The smallest absolute Gasteiger partial charge is 0.342 e. The number of rotatable bonds is 7. The molecule has 2 aromatic heterocycles. The van der Waals surface area contributed by atoms with Crippen LogP contribution in [0.25, 0.3) is 26.9 Å². The van der Waals surface area contributed by atoms with Crippen LogP contribution in [0.15, 0.2) is 53.0 Å². The summed E-state index contributed by atoms with van der Waals surface area (Å²) in [5.74, 6) is 0.606. The summed E-state index contributed by atoms with van der Waals surface area (Å²) in [6.45, 7) is 1.63. The molecule has 0 spiro atoms. The van der Waals surface area contributed by atoms with Gasteiger partial charge in [-0.15, -0.1) is 11.3 Å². The van der Waals surface area contributed by atoms with Crippen molar-refractivity contribution in [3.8, 4) is 22.1 Å². The molecular weight excluding hydrogens is 456 g/mol. The van der Waals surface area contributed by atoms with Gasteiger partial charge in [0.2, 0.25) is 5.88 Å². The number of hydrogen-bond donors (Lipinski definition) is 1. The van der Waals surface area contributed by atoms with Crippen LogP contribution in [0.2, 0.25) is 0 Å². The first kappa shape index (κ1) is 23.1. The second-order valence-electron chi connectivity index (χ2n) is 7.15. The molecule has 0 bridgehead atoms. The van der Waals surface area contributed by atoms with Crippen molar-refractivity contribution < 1.29 is 28.2 Å². The fourth-order valence-electron chi connectivity index (χ4n) is 3.45. The number of ether oxygens (including phenoxy) is 3. The van der Waals surface area contributed by atoms with Gasteiger partial charge >= 0.3 is 5.97 Å². The van der Waals surface area contributed by atoms with Crippen LogP contribution in [0.4, 0.5) is 5.88 Å². The first-order valence-corrected chi connectivity index (χ1v) is 11.1. The third-order valence-corrected chi connectivity index (χ3v) is 6.12. The molecule has 0 saturated heterocycles. The average molecular weight is 479 g/mol. The quantitative estimate of drug-likeness (QED) is 0.283. The number of fused-ring (bicyclic) bond motifs is 1. The normalized spacial score (nSPS) is 11.1. The average Bonchev–Trinajstić information content (AvgIpc) is 3.42. The van der Waals surface area contributed by atoms with E-state index in [1.54, 1.807) is 45.4 Å². The number of benzene rings is 2. The first-order valence-electron chi connectivity index (χ1n) is 10.2. The number of thiazole rings is 1. The summed E-state index contributed by atoms with van der Waals surface area (Å²) in [4.78, 5) is 29.9. The van der Waals surface area contributed by atoms with Gasteiger partial charge < -0.3 is 18.6 Å². The molecule has 174 valence electrons. The van der Waals surface area contributed by atoms with Crippen molar-refractivity contribution in [3.05, 3.63) is 65.4 Å². The van der Waals surface area contributed by atoms with Crippen molar-refractivity contribution in [2.24, 2.45) is 0 Å². The summed E-state index contributed by atoms with van der Waals surface area (Å²) in [7, 11) is 4.40. The Morgan fingerprint density at radius 2 is 1.88 bits per heavy atom. The Labute approximate surface area is 199 Å². The number of methoxy groups -OCH3 is 3. The highest BCUT2D eigenvalue weighted by atomic mass is 32.1. The molecule has 0 aliphatic carbocycles. The summed E-state index contributed by atoms with van der Waals surface area (Å²) in [6.07, 6.45) is 2.94. The molecule has 0 saturated carbocycles. The van der Waals surface area contributed by atoms with Crippen LogP contribution in [-0.2, 0) is 9.53 Å². The molecule has 0 radical (unpaired) electrons. The van der Waals surface area contributed by atoms with Crippen molar-refractivity contribution >= 4 is 45.4 Å². The van der Waals surface area contributed by atoms with Crippen LogP contribution in [0.1, 0.15) is 21.7 Å². The van der Waals surface area contributed by atoms with Gasteiger partial charge in [-0.2, -0.15) is 0 Å². The molecule has 8 nitrogen and oxygen atoms in total. The van der Waals surface area contributed by atoms with Gasteiger partial charge in [-0.3, -0.25) is 10.1 Å². The van der Waals surface area contributed by atoms with E-state index in [4.69, 9.17) is 18.6 Å². The van der Waals surface area contributed by atoms with E-state index in [9.17, 15) is 9.59 Å². The molecule has 0 aliphatic heterocycles. The van der Waals surface area contributed by atoms with E-state index >= 15 is 0 Å². The van der Waals surface area contributed by atoms with E-state index in [-0.39, 0.29) is 11.4 Å². The lowest BCUT2D eigenvalue weighted by Crippen LogP contribution is -2.09. The van der Waals surface area contributed by atoms with Gasteiger partial charge in [-0.1, -0.05) is 12.1 Å². The third kappa shape index (κ3) is 4.51. The summed E-state index contributed by atoms with van der Waals surface area (Å²) in [5.41, 5.74) is 2.04. The standard InChI is InChI=1S/C25H22N2O6S/c1-14-21(25(29)32-4)22(24-26-17-7-5-6-8-19(17)34-24)23(33-14)27-20(28)12-9-15-13-16(30-2)10-11-18(15)31-3/h5-13H,1-4H3,(H,27,28)/b12-9+. The SMILES string of the molecule is COC(=O)c1c(C)oc(NC(=O)/C=C/c2cc(OC)ccc2OC)c1-c1nc2ccccc2s1. The highest BCUT2D eigenvalue weighted by Gasteiger charge is 2.28. The molecule has 2 heterocycles. The number of aromatic nitrogens is 1. The van der Waals surface area contributed by atoms with Crippen molar-refractivity contribution in [2.75, 3.05) is 26.6 Å². The third-order valence-electron chi connectivity index (χ3n) is 5.07. The maximum atomic E-state index is 12.8. The predicted molar refractivity (Wildman–Crippen MR) is 131 cm³/mol. The van der Waals surface area contributed by atoms with Gasteiger partial charge in [0.05, 0.1) is 37.1 Å². The van der Waals surface area contributed by atoms with Gasteiger partial charge in [0.1, 0.15) is 27.8 Å². The molecule has 4 rings (SSSR count). The van der Waals surface area contributed by atoms with Crippen molar-refractivity contribution in [3.63, 3.8) is 0 Å². The minimum atomic E-state index is -0.576. The van der Waals surface area contributed by atoms with Crippen LogP contribution in [0.3, 0.4) is 0 Å². The van der Waals surface area contributed by atoms with Crippen LogP contribution in [-0.4, -0.2) is 38.2 Å². The lowest BCUT2D eigenvalue weighted by molar-refractivity contribution is -0.111. The number of carbonyl (C=O) groups is 2. The number of furan rings is 1. The number of para-hydroxylation sites is 1. The van der Waals surface area contributed by atoms with Gasteiger partial charge in [-0.05, 0) is 43.3 Å². The van der Waals surface area contributed by atoms with Gasteiger partial charge in [0.15, 0.2) is 0 Å². The monoisotopic (exact) mass is 478 g/mol. The predicted octanol–water partition coefficient (Wildman–Crippen LogP) is 5.32. The Hall–Kier alpha value is -4.11. The maximum Gasteiger partial charge on any atom is 0.342 e. The largest absolute Gasteiger partial charge is 0.497 e. The molecule has 0 unspecified atom stereocenters. The summed E-state index contributed by atoms with van der Waals surface area (Å²) < 4.78 is 22.3. The van der Waals surface area contributed by atoms with E-state index in [0.29, 0.717) is 33.4 Å². The number of anilines is 1. The summed E-state index contributed by atoms with van der Waals surface area (Å²) >= 11 is 1.39. The van der Waals surface area contributed by atoms with E-state index in [1.807, 2.05) is 24.3 Å². The molecular formula is C25H22N2O6S. The van der Waals surface area contributed by atoms with Crippen LogP contribution in [0.5, 0.6) is 11.5 Å². The van der Waals surface area contributed by atoms with E-state index in [0.717, 1.165) is 10.2 Å². The van der Waals surface area contributed by atoms with E-state index in [1.165, 1.54) is 24.5 Å². The van der Waals surface area contributed by atoms with Crippen molar-refractivity contribution in [2.45, 2.75) is 6.92 Å². The fourth-order valence-corrected chi connectivity index (χ4v) is 4.47. The molecule has 1 amide bonds. The zero-order valence-electron chi connectivity index (χ0n) is 19.0. The molecule has 4 aromatic rings. The highest BCUT2D eigenvalue weighted by Crippen LogP contribution is 2.40. The number of esters is 1. The van der Waals surface area contributed by atoms with Crippen LogP contribution >= 0.6 is 11.3 Å². The maximum absolute atomic E-state index is 12.8. The molecule has 0 aliphatic rings. The van der Waals surface area contributed by atoms with Gasteiger partial charge in [-0.25, -0.2) is 9.78 Å². The summed E-state index contributed by atoms with van der Waals surface area (Å²) in [6, 6.07) is 12.9. The number of nitrogens with zero attached hydrogens (tertiary/aromatic N) is 1. The lowest BCUT2D eigenvalue weighted by atomic mass is 10.1. The first-order chi connectivity index (χ1) is 16.4. The number of nitrogens with one attached hydrogen (secondary N) is 1. The number of amides is 1. The van der Waals surface area contributed by atoms with E-state index < -0.39 is 11.9 Å². The van der Waals surface area contributed by atoms with Crippen molar-refractivity contribution in [1.29, 1.82) is 0 Å². The zero-order chi connectivity index (χ0) is 24.2. The second-order valence-corrected chi connectivity index (χ2v) is 8.18. The summed E-state index contributed by atoms with van der Waals surface area (Å²) in [5, 5.41) is 3.26.